The highest BCUT2D eigenvalue weighted by molar-refractivity contribution is 5.89. The molecular formula is C14H23N5O2. The Morgan fingerprint density at radius 3 is 2.67 bits per heavy atom. The zero-order chi connectivity index (χ0) is 15.6. The first-order valence-electron chi connectivity index (χ1n) is 7.33. The van der Waals surface area contributed by atoms with E-state index < -0.39 is 0 Å². The van der Waals surface area contributed by atoms with Gasteiger partial charge in [-0.1, -0.05) is 0 Å². The van der Waals surface area contributed by atoms with Crippen LogP contribution in [0, 0.1) is 19.8 Å². The van der Waals surface area contributed by atoms with Crippen molar-refractivity contribution < 1.29 is 9.59 Å². The van der Waals surface area contributed by atoms with E-state index in [-0.39, 0.29) is 23.8 Å². The summed E-state index contributed by atoms with van der Waals surface area (Å²) >= 11 is 0. The van der Waals surface area contributed by atoms with Crippen LogP contribution in [0.4, 0.5) is 0 Å². The molecular weight excluding hydrogens is 270 g/mol. The maximum absolute atomic E-state index is 12.1. The summed E-state index contributed by atoms with van der Waals surface area (Å²) in [5.41, 5.74) is 0. The van der Waals surface area contributed by atoms with Crippen LogP contribution in [0.2, 0.25) is 0 Å². The molecule has 1 N–H and O–H groups in total. The lowest BCUT2D eigenvalue weighted by molar-refractivity contribution is -0.129. The van der Waals surface area contributed by atoms with Crippen molar-refractivity contribution in [2.24, 2.45) is 5.92 Å². The average molecular weight is 293 g/mol. The number of nitrogens with one attached hydrogen (secondary N) is 1. The highest BCUT2D eigenvalue weighted by Crippen LogP contribution is 2.20. The van der Waals surface area contributed by atoms with Crippen LogP contribution < -0.4 is 5.32 Å². The lowest BCUT2D eigenvalue weighted by Gasteiger charge is -2.20. The summed E-state index contributed by atoms with van der Waals surface area (Å²) in [5.74, 6) is 1.34. The van der Waals surface area contributed by atoms with Crippen LogP contribution in [-0.2, 0) is 16.1 Å². The van der Waals surface area contributed by atoms with Crippen molar-refractivity contribution in [1.29, 1.82) is 0 Å². The minimum atomic E-state index is -0.238. The van der Waals surface area contributed by atoms with E-state index in [9.17, 15) is 9.59 Å². The molecule has 0 radical (unpaired) electrons. The number of hydrogen-bond donors (Lipinski definition) is 1. The first kappa shape index (κ1) is 15.5. The lowest BCUT2D eigenvalue weighted by Crippen LogP contribution is -2.36. The maximum atomic E-state index is 12.1. The molecule has 2 rings (SSSR count). The SMILES string of the molecule is Cc1nc(C)n(CCNC(=O)[C@H]2CC(=O)N(C(C)C)C2)n1. The van der Waals surface area contributed by atoms with Gasteiger partial charge >= 0.3 is 0 Å². The normalized spacial score (nSPS) is 18.6. The largest absolute Gasteiger partial charge is 0.354 e. The van der Waals surface area contributed by atoms with Crippen LogP contribution in [0.5, 0.6) is 0 Å². The van der Waals surface area contributed by atoms with Gasteiger partial charge in [0.05, 0.1) is 12.5 Å². The molecule has 0 aliphatic carbocycles. The molecule has 1 aromatic rings. The maximum Gasteiger partial charge on any atom is 0.225 e. The Kier molecular flexibility index (Phi) is 4.59. The van der Waals surface area contributed by atoms with Gasteiger partial charge in [0, 0.05) is 25.6 Å². The van der Waals surface area contributed by atoms with Crippen molar-refractivity contribution in [1.82, 2.24) is 25.0 Å². The molecule has 0 unspecified atom stereocenters. The van der Waals surface area contributed by atoms with E-state index in [0.29, 0.717) is 26.1 Å². The second kappa shape index (κ2) is 6.24. The number of carbonyl (C=O) groups is 2. The molecule has 21 heavy (non-hydrogen) atoms. The molecule has 1 aliphatic rings. The molecule has 1 saturated heterocycles. The highest BCUT2D eigenvalue weighted by atomic mass is 16.2. The third-order valence-corrected chi connectivity index (χ3v) is 3.74. The lowest BCUT2D eigenvalue weighted by atomic mass is 10.1. The number of rotatable bonds is 5. The molecule has 1 fully saturated rings. The monoisotopic (exact) mass is 293 g/mol. The van der Waals surface area contributed by atoms with Gasteiger partial charge in [-0.05, 0) is 27.7 Å². The molecule has 0 saturated carbocycles. The van der Waals surface area contributed by atoms with Gasteiger partial charge in [-0.2, -0.15) is 5.10 Å². The van der Waals surface area contributed by atoms with E-state index in [1.54, 1.807) is 9.58 Å². The van der Waals surface area contributed by atoms with Crippen LogP contribution >= 0.6 is 0 Å². The number of carbonyl (C=O) groups excluding carboxylic acids is 2. The van der Waals surface area contributed by atoms with Crippen molar-refractivity contribution >= 4 is 11.8 Å². The molecule has 0 aromatic carbocycles. The second-order valence-corrected chi connectivity index (χ2v) is 5.76. The minimum absolute atomic E-state index is 0.0546. The number of likely N-dealkylation sites (tertiary alicyclic amines) is 1. The van der Waals surface area contributed by atoms with Crippen molar-refractivity contribution in [2.45, 2.75) is 46.7 Å². The summed E-state index contributed by atoms with van der Waals surface area (Å²) in [6.07, 6.45) is 0.311. The molecule has 1 atom stereocenters. The quantitative estimate of drug-likeness (QED) is 0.845. The molecule has 7 nitrogen and oxygen atoms in total. The molecule has 7 heteroatoms. The Hall–Kier alpha value is -1.92. The van der Waals surface area contributed by atoms with Gasteiger partial charge in [-0.25, -0.2) is 9.67 Å². The third kappa shape index (κ3) is 3.59. The van der Waals surface area contributed by atoms with Crippen LogP contribution in [0.1, 0.15) is 31.9 Å². The molecule has 1 aromatic heterocycles. The number of aryl methyl sites for hydroxylation is 2. The standard InChI is InChI=1S/C14H23N5O2/c1-9(2)18-8-12(7-13(18)20)14(21)15-5-6-19-11(4)16-10(3)17-19/h9,12H,5-8H2,1-4H3,(H,15,21)/t12-/m0/s1. The second-order valence-electron chi connectivity index (χ2n) is 5.76. The number of hydrogen-bond acceptors (Lipinski definition) is 4. The van der Waals surface area contributed by atoms with Gasteiger partial charge in [0.2, 0.25) is 11.8 Å². The van der Waals surface area contributed by atoms with Crippen molar-refractivity contribution in [3.8, 4) is 0 Å². The van der Waals surface area contributed by atoms with E-state index in [0.717, 1.165) is 11.6 Å². The van der Waals surface area contributed by atoms with E-state index in [4.69, 9.17) is 0 Å². The predicted octanol–water partition coefficient (Wildman–Crippen LogP) is 0.268. The Labute approximate surface area is 124 Å². The van der Waals surface area contributed by atoms with Crippen molar-refractivity contribution in [3.63, 3.8) is 0 Å². The summed E-state index contributed by atoms with van der Waals surface area (Å²) in [6, 6.07) is 0.149. The van der Waals surface area contributed by atoms with Crippen LogP contribution in [-0.4, -0.2) is 50.6 Å². The number of amides is 2. The van der Waals surface area contributed by atoms with Crippen LogP contribution in [0.25, 0.3) is 0 Å². The molecule has 1 aliphatic heterocycles. The number of aromatic nitrogens is 3. The predicted molar refractivity (Wildman–Crippen MR) is 77.5 cm³/mol. The summed E-state index contributed by atoms with van der Waals surface area (Å²) < 4.78 is 1.77. The van der Waals surface area contributed by atoms with Gasteiger partial charge in [-0.15, -0.1) is 0 Å². The number of nitrogens with zero attached hydrogens (tertiary/aromatic N) is 4. The molecule has 2 amide bonds. The Balaban J connectivity index is 1.80. The van der Waals surface area contributed by atoms with Gasteiger partial charge < -0.3 is 10.2 Å². The first-order chi connectivity index (χ1) is 9.88. The topological polar surface area (TPSA) is 80.1 Å². The first-order valence-corrected chi connectivity index (χ1v) is 7.33. The fourth-order valence-corrected chi connectivity index (χ4v) is 2.61. The summed E-state index contributed by atoms with van der Waals surface area (Å²) in [5, 5.41) is 7.13. The molecule has 0 bridgehead atoms. The summed E-state index contributed by atoms with van der Waals surface area (Å²) in [4.78, 5) is 29.9. The van der Waals surface area contributed by atoms with Gasteiger partial charge in [0.1, 0.15) is 11.6 Å². The van der Waals surface area contributed by atoms with Gasteiger partial charge in [0.15, 0.2) is 0 Å². The van der Waals surface area contributed by atoms with Crippen LogP contribution in [0.3, 0.4) is 0 Å². The van der Waals surface area contributed by atoms with Crippen LogP contribution in [0.15, 0.2) is 0 Å². The van der Waals surface area contributed by atoms with E-state index in [2.05, 4.69) is 15.4 Å². The smallest absolute Gasteiger partial charge is 0.225 e. The summed E-state index contributed by atoms with van der Waals surface area (Å²) in [7, 11) is 0. The molecule has 0 spiro atoms. The Bertz CT molecular complexity index is 537. The average Bonchev–Trinajstić information content (AvgIpc) is 2.93. The highest BCUT2D eigenvalue weighted by Gasteiger charge is 2.35. The summed E-state index contributed by atoms with van der Waals surface area (Å²) in [6.45, 7) is 9.26. The van der Waals surface area contributed by atoms with Crippen molar-refractivity contribution in [2.75, 3.05) is 13.1 Å². The Morgan fingerprint density at radius 1 is 1.43 bits per heavy atom. The minimum Gasteiger partial charge on any atom is -0.354 e. The fourth-order valence-electron chi connectivity index (χ4n) is 2.61. The molecule has 2 heterocycles. The third-order valence-electron chi connectivity index (χ3n) is 3.74. The van der Waals surface area contributed by atoms with Crippen molar-refractivity contribution in [3.05, 3.63) is 11.6 Å². The van der Waals surface area contributed by atoms with E-state index in [1.165, 1.54) is 0 Å². The fraction of sp³-hybridized carbons (Fsp3) is 0.714. The van der Waals surface area contributed by atoms with E-state index in [1.807, 2.05) is 27.7 Å². The molecule has 116 valence electrons. The zero-order valence-electron chi connectivity index (χ0n) is 13.1. The Morgan fingerprint density at radius 2 is 2.14 bits per heavy atom. The van der Waals surface area contributed by atoms with Gasteiger partial charge in [-0.3, -0.25) is 9.59 Å². The zero-order valence-corrected chi connectivity index (χ0v) is 13.1. The van der Waals surface area contributed by atoms with Gasteiger partial charge in [0.25, 0.3) is 0 Å². The van der Waals surface area contributed by atoms with E-state index >= 15 is 0 Å².